The molecule has 0 bridgehead atoms. The second-order valence-corrected chi connectivity index (χ2v) is 4.76. The molecule has 100 valence electrons. The van der Waals surface area contributed by atoms with E-state index >= 15 is 0 Å². The van der Waals surface area contributed by atoms with Gasteiger partial charge in [0.05, 0.1) is 12.2 Å². The highest BCUT2D eigenvalue weighted by Gasteiger charge is 2.17. The summed E-state index contributed by atoms with van der Waals surface area (Å²) in [7, 11) is 0. The van der Waals surface area contributed by atoms with Crippen LogP contribution in [0.5, 0.6) is 0 Å². The number of rotatable bonds is 6. The Morgan fingerprint density at radius 2 is 2.17 bits per heavy atom. The molecule has 1 atom stereocenters. The minimum Gasteiger partial charge on any atom is -0.393 e. The molecule has 18 heavy (non-hydrogen) atoms. The highest BCUT2D eigenvalue weighted by atomic mass is 16.3. The van der Waals surface area contributed by atoms with E-state index in [9.17, 15) is 9.90 Å². The normalized spacial score (nSPS) is 14.2. The summed E-state index contributed by atoms with van der Waals surface area (Å²) in [6, 6.07) is 5.25. The van der Waals surface area contributed by atoms with Gasteiger partial charge >= 0.3 is 0 Å². The van der Waals surface area contributed by atoms with Gasteiger partial charge in [-0.05, 0) is 37.1 Å². The minimum atomic E-state index is -1.12. The predicted molar refractivity (Wildman–Crippen MR) is 69.1 cm³/mol. The number of hydrogen-bond donors (Lipinski definition) is 4. The maximum atomic E-state index is 11.0. The molecule has 0 radical (unpaired) electrons. The zero-order valence-corrected chi connectivity index (χ0v) is 10.7. The van der Waals surface area contributed by atoms with Crippen molar-refractivity contribution in [1.82, 2.24) is 5.32 Å². The molecule has 0 saturated heterocycles. The summed E-state index contributed by atoms with van der Waals surface area (Å²) in [4.78, 5) is 11.0. The van der Waals surface area contributed by atoms with Crippen molar-refractivity contribution < 1.29 is 15.0 Å². The van der Waals surface area contributed by atoms with E-state index in [4.69, 9.17) is 10.8 Å². The lowest BCUT2D eigenvalue weighted by Gasteiger charge is -2.21. The first kappa shape index (κ1) is 14.6. The van der Waals surface area contributed by atoms with Gasteiger partial charge in [0, 0.05) is 18.7 Å². The van der Waals surface area contributed by atoms with Gasteiger partial charge in [0.2, 0.25) is 5.91 Å². The molecule has 0 spiro atoms. The smallest absolute Gasteiger partial charge is 0.248 e. The Balaban J connectivity index is 2.61. The molecule has 1 rings (SSSR count). The summed E-state index contributed by atoms with van der Waals surface area (Å²) < 4.78 is 0. The van der Waals surface area contributed by atoms with Crippen LogP contribution in [0.1, 0.15) is 28.4 Å². The van der Waals surface area contributed by atoms with Gasteiger partial charge in [0.1, 0.15) is 0 Å². The number of primary amides is 1. The molecule has 5 N–H and O–H groups in total. The fraction of sp³-hybridized carbons (Fsp3) is 0.462. The minimum absolute atomic E-state index is 0.292. The van der Waals surface area contributed by atoms with Crippen LogP contribution in [0, 0.1) is 6.92 Å². The monoisotopic (exact) mass is 252 g/mol. The van der Waals surface area contributed by atoms with Crippen LogP contribution in [0.15, 0.2) is 18.2 Å². The van der Waals surface area contributed by atoms with Gasteiger partial charge in [-0.2, -0.15) is 0 Å². The summed E-state index contributed by atoms with van der Waals surface area (Å²) in [6.45, 7) is 4.01. The van der Waals surface area contributed by atoms with Gasteiger partial charge in [-0.1, -0.05) is 6.07 Å². The summed E-state index contributed by atoms with van der Waals surface area (Å²) in [5, 5.41) is 21.6. The average Bonchev–Trinajstić information content (AvgIpc) is 2.31. The zero-order valence-electron chi connectivity index (χ0n) is 10.7. The largest absolute Gasteiger partial charge is 0.393 e. The van der Waals surface area contributed by atoms with E-state index in [-0.39, 0.29) is 6.61 Å². The molecule has 0 heterocycles. The molecular weight excluding hydrogens is 232 g/mol. The molecule has 0 aromatic heterocycles. The lowest BCUT2D eigenvalue weighted by atomic mass is 10.0. The number of aliphatic hydroxyl groups excluding tert-OH is 1. The molecule has 5 heteroatoms. The molecular formula is C13H20N2O3. The second kappa shape index (κ2) is 5.95. The second-order valence-electron chi connectivity index (χ2n) is 4.76. The number of benzene rings is 1. The number of aryl methyl sites for hydroxylation is 1. The van der Waals surface area contributed by atoms with E-state index < -0.39 is 11.5 Å². The van der Waals surface area contributed by atoms with Crippen LogP contribution in [-0.4, -0.2) is 34.9 Å². The van der Waals surface area contributed by atoms with Crippen molar-refractivity contribution in [2.75, 3.05) is 13.2 Å². The van der Waals surface area contributed by atoms with Crippen LogP contribution < -0.4 is 11.1 Å². The third kappa shape index (κ3) is 4.10. The lowest BCUT2D eigenvalue weighted by molar-refractivity contribution is 0.00253. The summed E-state index contributed by atoms with van der Waals surface area (Å²) >= 11 is 0. The Kier molecular flexibility index (Phi) is 4.84. The van der Waals surface area contributed by atoms with Crippen LogP contribution >= 0.6 is 0 Å². The average molecular weight is 252 g/mol. The van der Waals surface area contributed by atoms with E-state index in [2.05, 4.69) is 5.32 Å². The number of hydrogen-bond acceptors (Lipinski definition) is 4. The maximum Gasteiger partial charge on any atom is 0.248 e. The standard InChI is InChI=1S/C13H20N2O3/c1-9-5-10(12(14)17)3-4-11(9)6-15-7-13(2,18)8-16/h3-5,15-16,18H,6-8H2,1-2H3,(H2,14,17). The number of carbonyl (C=O) groups is 1. The van der Waals surface area contributed by atoms with Gasteiger partial charge in [-0.3, -0.25) is 4.79 Å². The van der Waals surface area contributed by atoms with Gasteiger partial charge < -0.3 is 21.3 Å². The van der Waals surface area contributed by atoms with Crippen molar-refractivity contribution in [3.8, 4) is 0 Å². The molecule has 1 aromatic carbocycles. The van der Waals surface area contributed by atoms with Crippen molar-refractivity contribution in [2.24, 2.45) is 5.73 Å². The van der Waals surface area contributed by atoms with Gasteiger partial charge in [-0.15, -0.1) is 0 Å². The van der Waals surface area contributed by atoms with Gasteiger partial charge in [-0.25, -0.2) is 0 Å². The first-order valence-corrected chi connectivity index (χ1v) is 5.79. The summed E-state index contributed by atoms with van der Waals surface area (Å²) in [6.07, 6.45) is 0. The maximum absolute atomic E-state index is 11.0. The molecule has 1 unspecified atom stereocenters. The van der Waals surface area contributed by atoms with Crippen LogP contribution in [0.4, 0.5) is 0 Å². The molecule has 5 nitrogen and oxygen atoms in total. The Morgan fingerprint density at radius 3 is 2.67 bits per heavy atom. The molecule has 1 aromatic rings. The Hall–Kier alpha value is -1.43. The molecule has 0 aliphatic carbocycles. The number of amides is 1. The van der Waals surface area contributed by atoms with Crippen molar-refractivity contribution in [3.05, 3.63) is 34.9 Å². The first-order valence-electron chi connectivity index (χ1n) is 5.79. The van der Waals surface area contributed by atoms with E-state index in [1.54, 1.807) is 19.1 Å². The first-order chi connectivity index (χ1) is 8.35. The topological polar surface area (TPSA) is 95.6 Å². The van der Waals surface area contributed by atoms with E-state index in [0.717, 1.165) is 11.1 Å². The Morgan fingerprint density at radius 1 is 1.50 bits per heavy atom. The molecule has 0 fully saturated rings. The number of carbonyl (C=O) groups excluding carboxylic acids is 1. The van der Waals surface area contributed by atoms with Crippen molar-refractivity contribution >= 4 is 5.91 Å². The third-order valence-electron chi connectivity index (χ3n) is 2.79. The molecule has 0 aliphatic rings. The van der Waals surface area contributed by atoms with Crippen LogP contribution in [0.25, 0.3) is 0 Å². The number of aliphatic hydroxyl groups is 2. The summed E-state index contributed by atoms with van der Waals surface area (Å²) in [5.74, 6) is -0.444. The SMILES string of the molecule is Cc1cc(C(N)=O)ccc1CNCC(C)(O)CO. The van der Waals surface area contributed by atoms with E-state index in [0.29, 0.717) is 18.7 Å². The number of nitrogens with one attached hydrogen (secondary N) is 1. The fourth-order valence-corrected chi connectivity index (χ4v) is 1.57. The van der Waals surface area contributed by atoms with E-state index in [1.807, 2.05) is 13.0 Å². The van der Waals surface area contributed by atoms with Crippen molar-refractivity contribution in [2.45, 2.75) is 26.0 Å². The summed E-state index contributed by atoms with van der Waals surface area (Å²) in [5.41, 5.74) is 6.54. The highest BCUT2D eigenvalue weighted by Crippen LogP contribution is 2.11. The molecule has 0 saturated carbocycles. The molecule has 1 amide bonds. The molecule has 0 aliphatic heterocycles. The van der Waals surface area contributed by atoms with Crippen LogP contribution in [0.3, 0.4) is 0 Å². The Labute approximate surface area is 107 Å². The van der Waals surface area contributed by atoms with Crippen LogP contribution in [0.2, 0.25) is 0 Å². The quantitative estimate of drug-likeness (QED) is 0.570. The number of nitrogens with two attached hydrogens (primary N) is 1. The van der Waals surface area contributed by atoms with Gasteiger partial charge in [0.25, 0.3) is 0 Å². The van der Waals surface area contributed by atoms with Gasteiger partial charge in [0.15, 0.2) is 0 Å². The van der Waals surface area contributed by atoms with E-state index in [1.165, 1.54) is 0 Å². The highest BCUT2D eigenvalue weighted by molar-refractivity contribution is 5.93. The van der Waals surface area contributed by atoms with Crippen molar-refractivity contribution in [1.29, 1.82) is 0 Å². The predicted octanol–water partition coefficient (Wildman–Crippen LogP) is -0.0732. The third-order valence-corrected chi connectivity index (χ3v) is 2.79. The zero-order chi connectivity index (χ0) is 13.8. The lowest BCUT2D eigenvalue weighted by Crippen LogP contribution is -2.40. The van der Waals surface area contributed by atoms with Crippen molar-refractivity contribution in [3.63, 3.8) is 0 Å². The fourth-order valence-electron chi connectivity index (χ4n) is 1.57. The van der Waals surface area contributed by atoms with Crippen LogP contribution in [-0.2, 0) is 6.54 Å². The Bertz CT molecular complexity index is 430.